The number of anilines is 1. The quantitative estimate of drug-likeness (QED) is 0.755. The Bertz CT molecular complexity index is 878. The number of aromatic amines is 1. The third-order valence-corrected chi connectivity index (χ3v) is 3.89. The van der Waals surface area contributed by atoms with Crippen LogP contribution in [0.3, 0.4) is 0 Å². The summed E-state index contributed by atoms with van der Waals surface area (Å²) in [4.78, 5) is 33.2. The zero-order valence-corrected chi connectivity index (χ0v) is 12.8. The first-order valence-electron chi connectivity index (χ1n) is 6.69. The molecule has 0 aliphatic carbocycles. The number of thiophene rings is 1. The van der Waals surface area contributed by atoms with Crippen molar-refractivity contribution in [2.45, 2.75) is 26.3 Å². The zero-order valence-electron chi connectivity index (χ0n) is 12.0. The van der Waals surface area contributed by atoms with Gasteiger partial charge in [-0.05, 0) is 11.4 Å². The Morgan fingerprint density at radius 3 is 3.05 bits per heavy atom. The fraction of sp³-hybridized carbons (Fsp3) is 0.308. The van der Waals surface area contributed by atoms with E-state index < -0.39 is 0 Å². The molecule has 22 heavy (non-hydrogen) atoms. The maximum atomic E-state index is 12.2. The second kappa shape index (κ2) is 5.68. The summed E-state index contributed by atoms with van der Waals surface area (Å²) in [5.74, 6) is 0.693. The van der Waals surface area contributed by atoms with E-state index in [9.17, 15) is 9.59 Å². The standard InChI is InChI=1S/C13H14N6O2S/c1-7(2)10-16-13(18-17-10)15-9(20)5-19-6-14-11-8(12(19)21)3-4-22-11/h3-4,6-7H,5H2,1-2H3,(H2,15,16,17,18,20). The Morgan fingerprint density at radius 1 is 1.50 bits per heavy atom. The van der Waals surface area contributed by atoms with E-state index in [1.807, 2.05) is 13.8 Å². The smallest absolute Gasteiger partial charge is 0.262 e. The summed E-state index contributed by atoms with van der Waals surface area (Å²) in [6, 6.07) is 1.70. The van der Waals surface area contributed by atoms with Gasteiger partial charge in [-0.2, -0.15) is 4.98 Å². The van der Waals surface area contributed by atoms with Crippen molar-refractivity contribution in [1.29, 1.82) is 0 Å². The summed E-state index contributed by atoms with van der Waals surface area (Å²) in [7, 11) is 0. The highest BCUT2D eigenvalue weighted by Crippen LogP contribution is 2.13. The molecular weight excluding hydrogens is 304 g/mol. The van der Waals surface area contributed by atoms with Crippen LogP contribution in [-0.2, 0) is 11.3 Å². The number of fused-ring (bicyclic) bond motifs is 1. The van der Waals surface area contributed by atoms with Gasteiger partial charge >= 0.3 is 0 Å². The molecule has 9 heteroatoms. The van der Waals surface area contributed by atoms with Crippen LogP contribution >= 0.6 is 11.3 Å². The maximum absolute atomic E-state index is 12.2. The Kier molecular flexibility index (Phi) is 3.72. The number of hydrogen-bond donors (Lipinski definition) is 2. The normalized spacial score (nSPS) is 11.2. The van der Waals surface area contributed by atoms with Crippen LogP contribution in [0.5, 0.6) is 0 Å². The first-order chi connectivity index (χ1) is 10.5. The predicted molar refractivity (Wildman–Crippen MR) is 83.0 cm³/mol. The van der Waals surface area contributed by atoms with Crippen molar-refractivity contribution < 1.29 is 4.79 Å². The van der Waals surface area contributed by atoms with Crippen LogP contribution in [0, 0.1) is 0 Å². The van der Waals surface area contributed by atoms with E-state index in [-0.39, 0.29) is 29.9 Å². The molecule has 8 nitrogen and oxygen atoms in total. The van der Waals surface area contributed by atoms with E-state index in [1.165, 1.54) is 22.2 Å². The van der Waals surface area contributed by atoms with Gasteiger partial charge in [0.15, 0.2) is 0 Å². The Hall–Kier alpha value is -2.55. The average molecular weight is 318 g/mol. The van der Waals surface area contributed by atoms with Gasteiger partial charge in [0.25, 0.3) is 5.56 Å². The van der Waals surface area contributed by atoms with E-state index in [2.05, 4.69) is 25.5 Å². The minimum absolute atomic E-state index is 0.136. The number of amides is 1. The second-order valence-corrected chi connectivity index (χ2v) is 5.96. The minimum Gasteiger partial charge on any atom is -0.292 e. The van der Waals surface area contributed by atoms with Gasteiger partial charge in [0.05, 0.1) is 11.7 Å². The van der Waals surface area contributed by atoms with Crippen molar-refractivity contribution in [3.63, 3.8) is 0 Å². The third-order valence-electron chi connectivity index (χ3n) is 3.07. The molecule has 1 amide bonds. The van der Waals surface area contributed by atoms with Crippen LogP contribution in [-0.4, -0.2) is 30.6 Å². The van der Waals surface area contributed by atoms with Crippen LogP contribution in [0.4, 0.5) is 5.95 Å². The summed E-state index contributed by atoms with van der Waals surface area (Å²) >= 11 is 1.39. The lowest BCUT2D eigenvalue weighted by molar-refractivity contribution is -0.116. The van der Waals surface area contributed by atoms with Gasteiger partial charge in [-0.3, -0.25) is 24.6 Å². The largest absolute Gasteiger partial charge is 0.292 e. The zero-order chi connectivity index (χ0) is 15.7. The second-order valence-electron chi connectivity index (χ2n) is 5.06. The molecule has 0 atom stereocenters. The number of nitrogens with one attached hydrogen (secondary N) is 2. The number of aromatic nitrogens is 5. The van der Waals surface area contributed by atoms with Crippen LogP contribution in [0.15, 0.2) is 22.6 Å². The maximum Gasteiger partial charge on any atom is 0.262 e. The van der Waals surface area contributed by atoms with Crippen molar-refractivity contribution in [2.24, 2.45) is 0 Å². The molecule has 0 saturated carbocycles. The summed E-state index contributed by atoms with van der Waals surface area (Å²) in [5, 5.41) is 11.5. The van der Waals surface area contributed by atoms with Crippen LogP contribution in [0.2, 0.25) is 0 Å². The summed E-state index contributed by atoms with van der Waals surface area (Å²) in [6.45, 7) is 3.80. The number of nitrogens with zero attached hydrogens (tertiary/aromatic N) is 4. The molecule has 3 heterocycles. The number of rotatable bonds is 4. The van der Waals surface area contributed by atoms with Crippen LogP contribution in [0.1, 0.15) is 25.6 Å². The molecule has 2 N–H and O–H groups in total. The molecule has 0 bridgehead atoms. The first-order valence-corrected chi connectivity index (χ1v) is 7.57. The van der Waals surface area contributed by atoms with Gasteiger partial charge < -0.3 is 0 Å². The molecule has 3 aromatic rings. The highest BCUT2D eigenvalue weighted by molar-refractivity contribution is 7.16. The molecule has 0 aliphatic heterocycles. The first kappa shape index (κ1) is 14.4. The third kappa shape index (κ3) is 2.75. The van der Waals surface area contributed by atoms with Gasteiger partial charge in [-0.1, -0.05) is 13.8 Å². The van der Waals surface area contributed by atoms with E-state index in [4.69, 9.17) is 0 Å². The van der Waals surface area contributed by atoms with Crippen LogP contribution < -0.4 is 10.9 Å². The molecule has 0 unspecified atom stereocenters. The molecular formula is C13H14N6O2S. The Morgan fingerprint density at radius 2 is 2.32 bits per heavy atom. The molecule has 0 saturated heterocycles. The van der Waals surface area contributed by atoms with Crippen molar-refractivity contribution in [2.75, 3.05) is 5.32 Å². The van der Waals surface area contributed by atoms with Gasteiger partial charge in [0.2, 0.25) is 11.9 Å². The van der Waals surface area contributed by atoms with Gasteiger partial charge in [0.1, 0.15) is 17.2 Å². The number of carbonyl (C=O) groups excluding carboxylic acids is 1. The van der Waals surface area contributed by atoms with E-state index in [0.717, 1.165) is 0 Å². The molecule has 0 fully saturated rings. The van der Waals surface area contributed by atoms with Gasteiger partial charge in [-0.15, -0.1) is 16.4 Å². The Balaban J connectivity index is 1.75. The van der Waals surface area contributed by atoms with E-state index in [1.54, 1.807) is 11.4 Å². The van der Waals surface area contributed by atoms with E-state index in [0.29, 0.717) is 16.0 Å². The summed E-state index contributed by atoms with van der Waals surface area (Å²) in [5.41, 5.74) is -0.237. The Labute approximate surface area is 129 Å². The number of hydrogen-bond acceptors (Lipinski definition) is 6. The molecule has 0 aliphatic rings. The van der Waals surface area contributed by atoms with Gasteiger partial charge in [0, 0.05) is 5.92 Å². The van der Waals surface area contributed by atoms with E-state index >= 15 is 0 Å². The molecule has 0 spiro atoms. The lowest BCUT2D eigenvalue weighted by atomic mass is 10.2. The monoisotopic (exact) mass is 318 g/mol. The molecule has 0 radical (unpaired) electrons. The minimum atomic E-state index is -0.382. The SMILES string of the molecule is CC(C)c1nc(NC(=O)Cn2cnc3sccc3c2=O)n[nH]1. The van der Waals surface area contributed by atoms with Crippen molar-refractivity contribution in [1.82, 2.24) is 24.7 Å². The van der Waals surface area contributed by atoms with Crippen molar-refractivity contribution >= 4 is 33.4 Å². The lowest BCUT2D eigenvalue weighted by Crippen LogP contribution is -2.27. The lowest BCUT2D eigenvalue weighted by Gasteiger charge is -2.04. The number of carbonyl (C=O) groups is 1. The van der Waals surface area contributed by atoms with Gasteiger partial charge in [-0.25, -0.2) is 4.98 Å². The van der Waals surface area contributed by atoms with Crippen molar-refractivity contribution in [3.05, 3.63) is 34.0 Å². The molecule has 114 valence electrons. The molecule has 3 aromatic heterocycles. The topological polar surface area (TPSA) is 106 Å². The highest BCUT2D eigenvalue weighted by Gasteiger charge is 2.12. The van der Waals surface area contributed by atoms with Crippen molar-refractivity contribution in [3.8, 4) is 0 Å². The molecule has 0 aromatic carbocycles. The van der Waals surface area contributed by atoms with Crippen LogP contribution in [0.25, 0.3) is 10.2 Å². The summed E-state index contributed by atoms with van der Waals surface area (Å²) in [6.07, 6.45) is 1.37. The average Bonchev–Trinajstić information content (AvgIpc) is 3.11. The molecule has 3 rings (SSSR count). The predicted octanol–water partition coefficient (Wildman–Crippen LogP) is 1.34. The number of H-pyrrole nitrogens is 1. The fourth-order valence-corrected chi connectivity index (χ4v) is 2.64. The summed E-state index contributed by atoms with van der Waals surface area (Å²) < 4.78 is 1.26. The highest BCUT2D eigenvalue weighted by atomic mass is 32.1. The fourth-order valence-electron chi connectivity index (χ4n) is 1.91.